The fourth-order valence-corrected chi connectivity index (χ4v) is 3.96. The zero-order valence-electron chi connectivity index (χ0n) is 14.7. The van der Waals surface area contributed by atoms with Gasteiger partial charge in [0.1, 0.15) is 11.6 Å². The third-order valence-corrected chi connectivity index (χ3v) is 5.50. The van der Waals surface area contributed by atoms with E-state index in [0.717, 1.165) is 44.1 Å². The van der Waals surface area contributed by atoms with Crippen molar-refractivity contribution >= 4 is 11.7 Å². The molecular formula is C18H29N5O. The van der Waals surface area contributed by atoms with Crippen molar-refractivity contribution in [3.8, 4) is 0 Å². The van der Waals surface area contributed by atoms with E-state index in [4.69, 9.17) is 5.73 Å². The lowest BCUT2D eigenvalue weighted by Crippen LogP contribution is -2.36. The molecule has 0 unspecified atom stereocenters. The number of hydrogen-bond acceptors (Lipinski definition) is 5. The first-order chi connectivity index (χ1) is 11.6. The van der Waals surface area contributed by atoms with Crippen LogP contribution in [0.3, 0.4) is 0 Å². The van der Waals surface area contributed by atoms with Gasteiger partial charge in [0, 0.05) is 31.7 Å². The van der Waals surface area contributed by atoms with Gasteiger partial charge in [0.25, 0.3) is 0 Å². The van der Waals surface area contributed by atoms with Gasteiger partial charge < -0.3 is 10.6 Å². The Morgan fingerprint density at radius 2 is 2.17 bits per heavy atom. The second-order valence-electron chi connectivity index (χ2n) is 7.28. The number of carbonyl (C=O) groups excluding carboxylic acids is 1. The molecule has 6 heteroatoms. The van der Waals surface area contributed by atoms with Crippen LogP contribution in [0.25, 0.3) is 0 Å². The molecule has 1 saturated carbocycles. The van der Waals surface area contributed by atoms with Crippen LogP contribution in [0.4, 0.5) is 5.82 Å². The normalized spacial score (nSPS) is 21.8. The summed E-state index contributed by atoms with van der Waals surface area (Å²) in [6.07, 6.45) is 9.85. The van der Waals surface area contributed by atoms with E-state index < -0.39 is 0 Å². The number of aromatic nitrogens is 2. The van der Waals surface area contributed by atoms with Gasteiger partial charge in [-0.1, -0.05) is 25.7 Å². The van der Waals surface area contributed by atoms with E-state index in [0.29, 0.717) is 24.3 Å². The van der Waals surface area contributed by atoms with Crippen molar-refractivity contribution in [3.05, 3.63) is 18.1 Å². The molecule has 2 N–H and O–H groups in total. The van der Waals surface area contributed by atoms with E-state index in [1.165, 1.54) is 25.7 Å². The summed E-state index contributed by atoms with van der Waals surface area (Å²) in [5.74, 6) is 2.36. The van der Waals surface area contributed by atoms with Crippen LogP contribution in [0.1, 0.15) is 50.8 Å². The third-order valence-electron chi connectivity index (χ3n) is 5.50. The Morgan fingerprint density at radius 1 is 1.38 bits per heavy atom. The minimum atomic E-state index is 0.331. The summed E-state index contributed by atoms with van der Waals surface area (Å²) >= 11 is 0. The average molecular weight is 331 g/mol. The number of anilines is 1. The van der Waals surface area contributed by atoms with Crippen LogP contribution in [-0.2, 0) is 11.3 Å². The van der Waals surface area contributed by atoms with E-state index in [-0.39, 0.29) is 0 Å². The molecule has 1 aliphatic carbocycles. The number of likely N-dealkylation sites (tertiary alicyclic amines) is 1. The van der Waals surface area contributed by atoms with E-state index in [2.05, 4.69) is 21.9 Å². The molecule has 1 aromatic rings. The summed E-state index contributed by atoms with van der Waals surface area (Å²) in [5, 5.41) is 0. The summed E-state index contributed by atoms with van der Waals surface area (Å²) in [5.41, 5.74) is 5.71. The molecule has 1 amide bonds. The minimum Gasteiger partial charge on any atom is -0.384 e. The maximum Gasteiger partial charge on any atom is 0.222 e. The first kappa shape index (κ1) is 17.1. The number of hydrogen-bond donors (Lipinski definition) is 1. The van der Waals surface area contributed by atoms with Crippen LogP contribution in [0.15, 0.2) is 12.3 Å². The molecule has 24 heavy (non-hydrogen) atoms. The Bertz CT molecular complexity index is 558. The molecule has 2 aliphatic rings. The molecule has 132 valence electrons. The molecule has 1 saturated heterocycles. The van der Waals surface area contributed by atoms with Crippen molar-refractivity contribution in [3.63, 3.8) is 0 Å². The van der Waals surface area contributed by atoms with Gasteiger partial charge in [-0.15, -0.1) is 0 Å². The molecule has 2 fully saturated rings. The van der Waals surface area contributed by atoms with Crippen molar-refractivity contribution in [1.29, 1.82) is 0 Å². The van der Waals surface area contributed by atoms with Crippen molar-refractivity contribution < 1.29 is 4.79 Å². The van der Waals surface area contributed by atoms with Gasteiger partial charge in [0.05, 0.1) is 6.54 Å². The topological polar surface area (TPSA) is 75.4 Å². The smallest absolute Gasteiger partial charge is 0.222 e. The zero-order chi connectivity index (χ0) is 16.9. The number of nitrogens with zero attached hydrogens (tertiary/aromatic N) is 4. The molecule has 1 atom stereocenters. The van der Waals surface area contributed by atoms with E-state index in [1.54, 1.807) is 12.3 Å². The first-order valence-corrected chi connectivity index (χ1v) is 9.17. The monoisotopic (exact) mass is 331 g/mol. The summed E-state index contributed by atoms with van der Waals surface area (Å²) in [6.45, 7) is 2.36. The molecule has 0 radical (unpaired) electrons. The quantitative estimate of drug-likeness (QED) is 0.863. The van der Waals surface area contributed by atoms with Crippen molar-refractivity contribution in [2.45, 2.75) is 57.5 Å². The van der Waals surface area contributed by atoms with Gasteiger partial charge in [-0.05, 0) is 31.9 Å². The number of nitrogen functional groups attached to an aromatic ring is 1. The van der Waals surface area contributed by atoms with E-state index >= 15 is 0 Å². The number of likely N-dealkylation sites (N-methyl/N-ethyl adjacent to an activating group) is 1. The summed E-state index contributed by atoms with van der Waals surface area (Å²) in [6, 6.07) is 2.08. The largest absolute Gasteiger partial charge is 0.384 e. The summed E-state index contributed by atoms with van der Waals surface area (Å²) in [7, 11) is 2.07. The highest BCUT2D eigenvalue weighted by Gasteiger charge is 2.29. The van der Waals surface area contributed by atoms with Crippen LogP contribution < -0.4 is 5.73 Å². The van der Waals surface area contributed by atoms with Gasteiger partial charge in [0.2, 0.25) is 5.91 Å². The number of rotatable bonds is 6. The first-order valence-electron chi connectivity index (χ1n) is 9.17. The maximum atomic E-state index is 12.4. The lowest BCUT2D eigenvalue weighted by molar-refractivity contribution is -0.130. The van der Waals surface area contributed by atoms with Crippen molar-refractivity contribution in [2.24, 2.45) is 5.92 Å². The predicted octanol–water partition coefficient (Wildman–Crippen LogP) is 2.06. The molecule has 0 spiro atoms. The van der Waals surface area contributed by atoms with E-state index in [1.807, 2.05) is 4.90 Å². The standard InChI is InChI=1S/C18H29N5O/c1-22(13-17-20-10-8-16(19)21-17)15-9-11-23(12-15)18(24)7-6-14-4-2-3-5-14/h8,10,14-15H,2-7,9,11-13H2,1H3,(H2,19,20,21)/t15-/m0/s1. The molecule has 6 nitrogen and oxygen atoms in total. The molecule has 2 heterocycles. The predicted molar refractivity (Wildman–Crippen MR) is 94.1 cm³/mol. The Labute approximate surface area is 144 Å². The number of carbonyl (C=O) groups is 1. The molecule has 0 aromatic carbocycles. The van der Waals surface area contributed by atoms with Gasteiger partial charge in [-0.3, -0.25) is 9.69 Å². The second-order valence-corrected chi connectivity index (χ2v) is 7.28. The van der Waals surface area contributed by atoms with Gasteiger partial charge >= 0.3 is 0 Å². The lowest BCUT2D eigenvalue weighted by Gasteiger charge is -2.24. The SMILES string of the molecule is CN(Cc1nccc(N)n1)[C@H]1CCN(C(=O)CCC2CCCC2)C1. The number of amides is 1. The van der Waals surface area contributed by atoms with Crippen molar-refractivity contribution in [1.82, 2.24) is 19.8 Å². The van der Waals surface area contributed by atoms with Gasteiger partial charge in [0.15, 0.2) is 0 Å². The van der Waals surface area contributed by atoms with Crippen LogP contribution in [0.2, 0.25) is 0 Å². The highest BCUT2D eigenvalue weighted by Crippen LogP contribution is 2.29. The van der Waals surface area contributed by atoms with E-state index in [9.17, 15) is 4.79 Å². The van der Waals surface area contributed by atoms with Crippen LogP contribution in [0.5, 0.6) is 0 Å². The van der Waals surface area contributed by atoms with Gasteiger partial charge in [-0.2, -0.15) is 0 Å². The minimum absolute atomic E-state index is 0.331. The molecule has 1 aromatic heterocycles. The lowest BCUT2D eigenvalue weighted by atomic mass is 10.0. The Morgan fingerprint density at radius 3 is 2.92 bits per heavy atom. The summed E-state index contributed by atoms with van der Waals surface area (Å²) in [4.78, 5) is 25.2. The maximum absolute atomic E-state index is 12.4. The van der Waals surface area contributed by atoms with Crippen molar-refractivity contribution in [2.75, 3.05) is 25.9 Å². The summed E-state index contributed by atoms with van der Waals surface area (Å²) < 4.78 is 0. The Balaban J connectivity index is 1.44. The highest BCUT2D eigenvalue weighted by atomic mass is 16.2. The Hall–Kier alpha value is -1.69. The van der Waals surface area contributed by atoms with Crippen LogP contribution in [-0.4, -0.2) is 51.9 Å². The zero-order valence-corrected chi connectivity index (χ0v) is 14.7. The van der Waals surface area contributed by atoms with Crippen LogP contribution in [0, 0.1) is 5.92 Å². The fourth-order valence-electron chi connectivity index (χ4n) is 3.96. The highest BCUT2D eigenvalue weighted by molar-refractivity contribution is 5.76. The molecule has 0 bridgehead atoms. The third kappa shape index (κ3) is 4.44. The average Bonchev–Trinajstić information content (AvgIpc) is 3.24. The Kier molecular flexibility index (Phi) is 5.66. The van der Waals surface area contributed by atoms with Crippen LogP contribution >= 0.6 is 0 Å². The number of nitrogens with two attached hydrogens (primary N) is 1. The van der Waals surface area contributed by atoms with Gasteiger partial charge in [-0.25, -0.2) is 9.97 Å². The molecule has 3 rings (SSSR count). The molecule has 1 aliphatic heterocycles. The molecular weight excluding hydrogens is 302 g/mol. The fraction of sp³-hybridized carbons (Fsp3) is 0.722. The second kappa shape index (κ2) is 7.92.